The van der Waals surface area contributed by atoms with E-state index < -0.39 is 0 Å². The van der Waals surface area contributed by atoms with Crippen molar-refractivity contribution in [2.75, 3.05) is 20.2 Å². The van der Waals surface area contributed by atoms with Crippen molar-refractivity contribution < 1.29 is 9.47 Å². The van der Waals surface area contributed by atoms with Gasteiger partial charge in [-0.2, -0.15) is 0 Å². The molecule has 0 spiro atoms. The van der Waals surface area contributed by atoms with Crippen LogP contribution in [0.25, 0.3) is 0 Å². The third kappa shape index (κ3) is 5.28. The van der Waals surface area contributed by atoms with Crippen LogP contribution >= 0.6 is 0 Å². The van der Waals surface area contributed by atoms with Gasteiger partial charge in [0.25, 0.3) is 0 Å². The van der Waals surface area contributed by atoms with Gasteiger partial charge in [0.2, 0.25) is 0 Å². The van der Waals surface area contributed by atoms with Crippen molar-refractivity contribution in [1.29, 1.82) is 0 Å². The van der Waals surface area contributed by atoms with Crippen LogP contribution in [0.2, 0.25) is 0 Å². The lowest BCUT2D eigenvalue weighted by Crippen LogP contribution is -2.26. The van der Waals surface area contributed by atoms with E-state index in [2.05, 4.69) is 26.1 Å². The Labute approximate surface area is 99.9 Å². The summed E-state index contributed by atoms with van der Waals surface area (Å²) in [4.78, 5) is 0. The van der Waals surface area contributed by atoms with Crippen LogP contribution in [0.15, 0.2) is 0 Å². The number of nitrogens with one attached hydrogen (secondary N) is 1. The van der Waals surface area contributed by atoms with Gasteiger partial charge >= 0.3 is 0 Å². The van der Waals surface area contributed by atoms with Gasteiger partial charge in [-0.25, -0.2) is 0 Å². The van der Waals surface area contributed by atoms with E-state index in [9.17, 15) is 0 Å². The predicted octanol–water partition coefficient (Wildman–Crippen LogP) is 2.20. The number of rotatable bonds is 7. The van der Waals surface area contributed by atoms with Crippen LogP contribution < -0.4 is 5.32 Å². The van der Waals surface area contributed by atoms with Crippen LogP contribution in [-0.2, 0) is 9.47 Å². The van der Waals surface area contributed by atoms with Crippen molar-refractivity contribution in [3.05, 3.63) is 0 Å². The first-order valence-corrected chi connectivity index (χ1v) is 6.53. The van der Waals surface area contributed by atoms with E-state index in [1.165, 1.54) is 0 Å². The quantitative estimate of drug-likeness (QED) is 0.726. The number of hydrogen-bond acceptors (Lipinski definition) is 3. The van der Waals surface area contributed by atoms with E-state index in [0.29, 0.717) is 24.2 Å². The first-order chi connectivity index (χ1) is 7.61. The van der Waals surface area contributed by atoms with Crippen LogP contribution in [0.5, 0.6) is 0 Å². The van der Waals surface area contributed by atoms with E-state index in [4.69, 9.17) is 9.47 Å². The van der Waals surface area contributed by atoms with E-state index in [1.807, 2.05) is 7.05 Å². The lowest BCUT2D eigenvalue weighted by molar-refractivity contribution is -0.0402. The van der Waals surface area contributed by atoms with Crippen LogP contribution in [0.4, 0.5) is 0 Å². The molecule has 96 valence electrons. The molecular formula is C13H27NO2. The van der Waals surface area contributed by atoms with Gasteiger partial charge in [-0.05, 0) is 39.2 Å². The topological polar surface area (TPSA) is 30.5 Å². The highest BCUT2D eigenvalue weighted by atomic mass is 16.5. The highest BCUT2D eigenvalue weighted by Crippen LogP contribution is 2.20. The fourth-order valence-electron chi connectivity index (χ4n) is 2.28. The van der Waals surface area contributed by atoms with Gasteiger partial charge in [-0.15, -0.1) is 0 Å². The van der Waals surface area contributed by atoms with Crippen molar-refractivity contribution in [2.45, 2.75) is 58.3 Å². The molecule has 3 atom stereocenters. The molecule has 3 nitrogen and oxygen atoms in total. The maximum Gasteiger partial charge on any atom is 0.0814 e. The van der Waals surface area contributed by atoms with Gasteiger partial charge in [0, 0.05) is 6.54 Å². The molecule has 0 aliphatic carbocycles. The highest BCUT2D eigenvalue weighted by Gasteiger charge is 2.25. The fraction of sp³-hybridized carbons (Fsp3) is 1.00. The average Bonchev–Trinajstić information content (AvgIpc) is 2.62. The average molecular weight is 229 g/mol. The Morgan fingerprint density at radius 1 is 1.25 bits per heavy atom. The van der Waals surface area contributed by atoms with Crippen molar-refractivity contribution in [3.8, 4) is 0 Å². The fourth-order valence-corrected chi connectivity index (χ4v) is 2.28. The molecule has 1 saturated heterocycles. The van der Waals surface area contributed by atoms with E-state index in [1.54, 1.807) is 0 Å². The second-order valence-electron chi connectivity index (χ2n) is 5.29. The minimum Gasteiger partial charge on any atom is -0.376 e. The molecule has 0 aromatic rings. The van der Waals surface area contributed by atoms with Crippen LogP contribution in [0.3, 0.4) is 0 Å². The molecule has 0 saturated carbocycles. The normalized spacial score (nSPS) is 27.6. The van der Waals surface area contributed by atoms with E-state index >= 15 is 0 Å². The maximum atomic E-state index is 5.87. The third-order valence-corrected chi connectivity index (χ3v) is 3.00. The summed E-state index contributed by atoms with van der Waals surface area (Å²) in [7, 11) is 1.97. The second-order valence-corrected chi connectivity index (χ2v) is 5.29. The Hall–Kier alpha value is -0.120. The highest BCUT2D eigenvalue weighted by molar-refractivity contribution is 4.74. The Morgan fingerprint density at radius 2 is 1.94 bits per heavy atom. The summed E-state index contributed by atoms with van der Waals surface area (Å²) in [5.74, 6) is 0.705. The lowest BCUT2D eigenvalue weighted by atomic mass is 10.1. The van der Waals surface area contributed by atoms with Crippen molar-refractivity contribution in [2.24, 2.45) is 5.92 Å². The van der Waals surface area contributed by atoms with Crippen LogP contribution in [-0.4, -0.2) is 38.5 Å². The van der Waals surface area contributed by atoms with Gasteiger partial charge in [-0.3, -0.25) is 0 Å². The number of ether oxygens (including phenoxy) is 2. The van der Waals surface area contributed by atoms with E-state index in [0.717, 1.165) is 32.4 Å². The zero-order valence-corrected chi connectivity index (χ0v) is 11.2. The minimum absolute atomic E-state index is 0.313. The van der Waals surface area contributed by atoms with Gasteiger partial charge in [0.05, 0.1) is 24.9 Å². The molecule has 0 amide bonds. The maximum absolute atomic E-state index is 5.87. The molecule has 1 rings (SSSR count). The van der Waals surface area contributed by atoms with Gasteiger partial charge < -0.3 is 14.8 Å². The number of hydrogen-bond donors (Lipinski definition) is 1. The molecule has 0 bridgehead atoms. The first-order valence-electron chi connectivity index (χ1n) is 6.53. The van der Waals surface area contributed by atoms with Gasteiger partial charge in [0.15, 0.2) is 0 Å². The molecule has 1 heterocycles. The van der Waals surface area contributed by atoms with Gasteiger partial charge in [-0.1, -0.05) is 13.8 Å². The summed E-state index contributed by atoms with van der Waals surface area (Å²) in [6.45, 7) is 8.33. The number of likely N-dealkylation sites (N-methyl/N-ethyl adjacent to an activating group) is 1. The Balaban J connectivity index is 2.10. The molecule has 0 aromatic carbocycles. The van der Waals surface area contributed by atoms with Crippen molar-refractivity contribution in [3.63, 3.8) is 0 Å². The van der Waals surface area contributed by atoms with Crippen LogP contribution in [0.1, 0.15) is 40.0 Å². The molecule has 3 unspecified atom stereocenters. The first kappa shape index (κ1) is 13.9. The third-order valence-electron chi connectivity index (χ3n) is 3.00. The largest absolute Gasteiger partial charge is 0.376 e. The Bertz CT molecular complexity index is 185. The molecule has 1 aliphatic rings. The molecule has 1 fully saturated rings. The Morgan fingerprint density at radius 3 is 2.56 bits per heavy atom. The standard InChI is InChI=1S/C13H27NO2/c1-10(2)7-11(3)15-9-13-6-5-12(16-13)8-14-4/h10-14H,5-9H2,1-4H3. The Kier molecular flexibility index (Phi) is 6.32. The van der Waals surface area contributed by atoms with Gasteiger partial charge in [0.1, 0.15) is 0 Å². The summed E-state index contributed by atoms with van der Waals surface area (Å²) < 4.78 is 11.7. The second kappa shape index (κ2) is 7.25. The summed E-state index contributed by atoms with van der Waals surface area (Å²) in [6.07, 6.45) is 4.49. The van der Waals surface area contributed by atoms with E-state index in [-0.39, 0.29) is 0 Å². The van der Waals surface area contributed by atoms with Crippen molar-refractivity contribution in [1.82, 2.24) is 5.32 Å². The summed E-state index contributed by atoms with van der Waals surface area (Å²) in [5.41, 5.74) is 0. The predicted molar refractivity (Wildman–Crippen MR) is 66.7 cm³/mol. The lowest BCUT2D eigenvalue weighted by Gasteiger charge is -2.18. The monoisotopic (exact) mass is 229 g/mol. The molecule has 1 N–H and O–H groups in total. The molecule has 0 aromatic heterocycles. The molecule has 1 aliphatic heterocycles. The van der Waals surface area contributed by atoms with Crippen molar-refractivity contribution >= 4 is 0 Å². The van der Waals surface area contributed by atoms with Crippen LogP contribution in [0, 0.1) is 5.92 Å². The molecule has 0 radical (unpaired) electrons. The minimum atomic E-state index is 0.313. The molecular weight excluding hydrogens is 202 g/mol. The summed E-state index contributed by atoms with van der Waals surface area (Å²) in [5, 5.41) is 3.16. The molecule has 3 heteroatoms. The smallest absolute Gasteiger partial charge is 0.0814 e. The zero-order valence-electron chi connectivity index (χ0n) is 11.2. The SMILES string of the molecule is CNCC1CCC(COC(C)CC(C)C)O1. The molecule has 16 heavy (non-hydrogen) atoms. The summed E-state index contributed by atoms with van der Waals surface area (Å²) in [6, 6.07) is 0. The zero-order chi connectivity index (χ0) is 12.0. The summed E-state index contributed by atoms with van der Waals surface area (Å²) >= 11 is 0.